The first-order valence-corrected chi connectivity index (χ1v) is 11.6. The highest BCUT2D eigenvalue weighted by Gasteiger charge is 2.27. The number of hydrogen-bond donors (Lipinski definition) is 1. The van der Waals surface area contributed by atoms with Crippen molar-refractivity contribution in [3.63, 3.8) is 0 Å². The van der Waals surface area contributed by atoms with Gasteiger partial charge in [0.05, 0.1) is 30.5 Å². The molecule has 1 N–H and O–H groups in total. The van der Waals surface area contributed by atoms with Crippen molar-refractivity contribution in [1.29, 1.82) is 0 Å². The number of pyridine rings is 1. The van der Waals surface area contributed by atoms with E-state index in [-0.39, 0.29) is 11.9 Å². The zero-order valence-electron chi connectivity index (χ0n) is 18.0. The van der Waals surface area contributed by atoms with Crippen molar-refractivity contribution >= 4 is 17.5 Å². The Hall–Kier alpha value is -2.61. The molecule has 1 saturated carbocycles. The van der Waals surface area contributed by atoms with Crippen molar-refractivity contribution in [3.8, 4) is 0 Å². The van der Waals surface area contributed by atoms with Gasteiger partial charge >= 0.3 is 6.03 Å². The summed E-state index contributed by atoms with van der Waals surface area (Å²) in [6, 6.07) is 4.66. The smallest absolute Gasteiger partial charge is 0.317 e. The van der Waals surface area contributed by atoms with E-state index < -0.39 is 0 Å². The largest absolute Gasteiger partial charge is 0.378 e. The highest BCUT2D eigenvalue weighted by molar-refractivity contribution is 6.00. The van der Waals surface area contributed by atoms with Gasteiger partial charge in [-0.3, -0.25) is 4.79 Å². The molecule has 3 aliphatic rings. The van der Waals surface area contributed by atoms with Crippen LogP contribution in [0.5, 0.6) is 0 Å². The average molecular weight is 426 g/mol. The number of nitrogens with one attached hydrogen (secondary N) is 1. The monoisotopic (exact) mass is 425 g/mol. The van der Waals surface area contributed by atoms with Crippen LogP contribution in [0.1, 0.15) is 60.4 Å². The molecule has 4 heterocycles. The molecule has 5 rings (SSSR count). The Morgan fingerprint density at radius 3 is 2.48 bits per heavy atom. The summed E-state index contributed by atoms with van der Waals surface area (Å²) in [6.07, 6.45) is 10.2. The summed E-state index contributed by atoms with van der Waals surface area (Å²) in [5.74, 6) is 0.413. The number of amides is 3. The minimum absolute atomic E-state index is 0.0221. The van der Waals surface area contributed by atoms with Crippen molar-refractivity contribution in [2.24, 2.45) is 0 Å². The second-order valence-electron chi connectivity index (χ2n) is 8.94. The van der Waals surface area contributed by atoms with E-state index in [1.165, 1.54) is 18.4 Å². The molecule has 8 heteroatoms. The first-order chi connectivity index (χ1) is 15.2. The van der Waals surface area contributed by atoms with Crippen LogP contribution in [0.25, 0.3) is 5.52 Å². The molecule has 31 heavy (non-hydrogen) atoms. The molecule has 0 bridgehead atoms. The Morgan fingerprint density at radius 2 is 1.74 bits per heavy atom. The lowest BCUT2D eigenvalue weighted by molar-refractivity contribution is 0.0304. The summed E-state index contributed by atoms with van der Waals surface area (Å²) < 4.78 is 7.15. The SMILES string of the molecule is O=C(NC1CCCC1)N1CCC(c2ccn3ncc(C(=O)N4CCOCC4)c3c2)CC1. The zero-order valence-corrected chi connectivity index (χ0v) is 18.0. The minimum Gasteiger partial charge on any atom is -0.378 e. The Morgan fingerprint density at radius 1 is 1.00 bits per heavy atom. The molecule has 0 unspecified atom stereocenters. The third-order valence-corrected chi connectivity index (χ3v) is 7.01. The van der Waals surface area contributed by atoms with E-state index >= 15 is 0 Å². The summed E-state index contributed by atoms with van der Waals surface area (Å²) in [5.41, 5.74) is 2.73. The van der Waals surface area contributed by atoms with Gasteiger partial charge in [0, 0.05) is 38.4 Å². The first-order valence-electron chi connectivity index (χ1n) is 11.6. The molecule has 1 aliphatic carbocycles. The average Bonchev–Trinajstić information content (AvgIpc) is 3.48. The third-order valence-electron chi connectivity index (χ3n) is 7.01. The number of fused-ring (bicyclic) bond motifs is 1. The fraction of sp³-hybridized carbons (Fsp3) is 0.609. The molecule has 0 spiro atoms. The van der Waals surface area contributed by atoms with Crippen molar-refractivity contribution in [1.82, 2.24) is 24.7 Å². The molecular weight excluding hydrogens is 394 g/mol. The van der Waals surface area contributed by atoms with Crippen LogP contribution in [0.2, 0.25) is 0 Å². The number of piperidine rings is 1. The van der Waals surface area contributed by atoms with Crippen molar-refractivity contribution in [3.05, 3.63) is 35.7 Å². The van der Waals surface area contributed by atoms with Gasteiger partial charge in [0.25, 0.3) is 5.91 Å². The van der Waals surface area contributed by atoms with E-state index in [2.05, 4.69) is 22.5 Å². The normalized spacial score (nSPS) is 21.0. The van der Waals surface area contributed by atoms with Gasteiger partial charge in [-0.05, 0) is 49.3 Å². The van der Waals surface area contributed by atoms with Crippen LogP contribution in [0.3, 0.4) is 0 Å². The lowest BCUT2D eigenvalue weighted by Crippen LogP contribution is -2.47. The van der Waals surface area contributed by atoms with Gasteiger partial charge in [-0.1, -0.05) is 12.8 Å². The molecule has 3 amide bonds. The fourth-order valence-electron chi connectivity index (χ4n) is 5.10. The predicted octanol–water partition coefficient (Wildman–Crippen LogP) is 2.64. The van der Waals surface area contributed by atoms with E-state index in [4.69, 9.17) is 4.74 Å². The summed E-state index contributed by atoms with van der Waals surface area (Å²) >= 11 is 0. The number of morpholine rings is 1. The Bertz CT molecular complexity index is 938. The number of likely N-dealkylation sites (tertiary alicyclic amines) is 1. The number of aromatic nitrogens is 2. The Labute approximate surface area is 182 Å². The van der Waals surface area contributed by atoms with E-state index in [0.29, 0.717) is 43.8 Å². The van der Waals surface area contributed by atoms with Crippen LogP contribution in [0.4, 0.5) is 4.79 Å². The van der Waals surface area contributed by atoms with Gasteiger partial charge < -0.3 is 19.9 Å². The maximum Gasteiger partial charge on any atom is 0.317 e. The van der Waals surface area contributed by atoms with Gasteiger partial charge in [0.1, 0.15) is 0 Å². The van der Waals surface area contributed by atoms with Crippen LogP contribution in [0, 0.1) is 0 Å². The van der Waals surface area contributed by atoms with E-state index in [1.54, 1.807) is 10.7 Å². The van der Waals surface area contributed by atoms with Gasteiger partial charge in [0.2, 0.25) is 0 Å². The number of carbonyl (C=O) groups excluding carboxylic acids is 2. The number of ether oxygens (including phenoxy) is 1. The van der Waals surface area contributed by atoms with Gasteiger partial charge in [-0.15, -0.1) is 0 Å². The zero-order chi connectivity index (χ0) is 21.2. The number of carbonyl (C=O) groups is 2. The van der Waals surface area contributed by atoms with E-state index in [9.17, 15) is 9.59 Å². The second kappa shape index (κ2) is 8.86. The molecule has 0 atom stereocenters. The van der Waals surface area contributed by atoms with Crippen LogP contribution < -0.4 is 5.32 Å². The molecule has 8 nitrogen and oxygen atoms in total. The number of urea groups is 1. The topological polar surface area (TPSA) is 79.2 Å². The van der Waals surface area contributed by atoms with E-state index in [0.717, 1.165) is 44.3 Å². The Kier molecular flexibility index (Phi) is 5.80. The highest BCUT2D eigenvalue weighted by Crippen LogP contribution is 2.30. The lowest BCUT2D eigenvalue weighted by atomic mass is 9.89. The molecule has 0 aromatic carbocycles. The summed E-state index contributed by atoms with van der Waals surface area (Å²) in [7, 11) is 0. The quantitative estimate of drug-likeness (QED) is 0.820. The summed E-state index contributed by atoms with van der Waals surface area (Å²) in [5, 5.41) is 7.58. The first kappa shape index (κ1) is 20.3. The van der Waals surface area contributed by atoms with Crippen molar-refractivity contribution < 1.29 is 14.3 Å². The minimum atomic E-state index is 0.0221. The standard InChI is InChI=1S/C23H31N5O3/c29-22(26-11-13-31-14-12-26)20-16-24-28-10-7-18(15-21(20)28)17-5-8-27(9-6-17)23(30)25-19-3-1-2-4-19/h7,10,15-17,19H,1-6,8-9,11-14H2,(H,25,30). The molecule has 2 aromatic rings. The highest BCUT2D eigenvalue weighted by atomic mass is 16.5. The van der Waals surface area contributed by atoms with Gasteiger partial charge in [0.15, 0.2) is 0 Å². The number of hydrogen-bond acceptors (Lipinski definition) is 4. The van der Waals surface area contributed by atoms with Crippen LogP contribution in [0.15, 0.2) is 24.5 Å². The molecule has 2 aliphatic heterocycles. The fourth-order valence-corrected chi connectivity index (χ4v) is 5.10. The number of rotatable bonds is 3. The van der Waals surface area contributed by atoms with Gasteiger partial charge in [-0.25, -0.2) is 9.31 Å². The molecule has 3 fully saturated rings. The maximum atomic E-state index is 13.0. The maximum absolute atomic E-state index is 13.0. The van der Waals surface area contributed by atoms with Crippen LogP contribution >= 0.6 is 0 Å². The second-order valence-corrected chi connectivity index (χ2v) is 8.94. The van der Waals surface area contributed by atoms with Crippen molar-refractivity contribution in [2.45, 2.75) is 50.5 Å². The molecular formula is C23H31N5O3. The third kappa shape index (κ3) is 4.26. The van der Waals surface area contributed by atoms with Crippen LogP contribution in [-0.4, -0.2) is 76.8 Å². The molecule has 2 saturated heterocycles. The van der Waals surface area contributed by atoms with E-state index in [1.807, 2.05) is 16.0 Å². The van der Waals surface area contributed by atoms with Crippen molar-refractivity contribution in [2.75, 3.05) is 39.4 Å². The van der Waals surface area contributed by atoms with Crippen LogP contribution in [-0.2, 0) is 4.74 Å². The number of nitrogens with zero attached hydrogens (tertiary/aromatic N) is 4. The predicted molar refractivity (Wildman–Crippen MR) is 116 cm³/mol. The molecule has 166 valence electrons. The summed E-state index contributed by atoms with van der Waals surface area (Å²) in [6.45, 7) is 3.96. The molecule has 0 radical (unpaired) electrons. The lowest BCUT2D eigenvalue weighted by Gasteiger charge is -2.33. The summed E-state index contributed by atoms with van der Waals surface area (Å²) in [4.78, 5) is 29.3. The molecule has 2 aromatic heterocycles. The van der Waals surface area contributed by atoms with Gasteiger partial charge in [-0.2, -0.15) is 5.10 Å². The Balaban J connectivity index is 1.25.